The molecule has 2 aromatic carbocycles. The maximum atomic E-state index is 13.7. The van der Waals surface area contributed by atoms with Gasteiger partial charge in [-0.3, -0.25) is 4.90 Å². The van der Waals surface area contributed by atoms with Gasteiger partial charge in [0.25, 0.3) is 0 Å². The highest BCUT2D eigenvalue weighted by molar-refractivity contribution is 7.09. The smallest absolute Gasteiger partial charge is 0.173 e. The molecule has 5 rings (SSSR count). The molecule has 7 nitrogen and oxygen atoms in total. The topological polar surface area (TPSA) is 59.3 Å². The van der Waals surface area contributed by atoms with Gasteiger partial charge in [-0.2, -0.15) is 0 Å². The van der Waals surface area contributed by atoms with E-state index < -0.39 is 0 Å². The normalized spacial score (nSPS) is 15.5. The van der Waals surface area contributed by atoms with E-state index in [1.54, 1.807) is 18.4 Å². The maximum absolute atomic E-state index is 13.7. The summed E-state index contributed by atoms with van der Waals surface area (Å²) in [5.74, 6) is 1.39. The van der Waals surface area contributed by atoms with Crippen LogP contribution in [0.1, 0.15) is 22.3 Å². The Morgan fingerprint density at radius 3 is 2.52 bits per heavy atom. The summed E-state index contributed by atoms with van der Waals surface area (Å²) in [6, 6.07) is 18.7. The van der Waals surface area contributed by atoms with Crippen molar-refractivity contribution in [2.75, 3.05) is 38.2 Å². The summed E-state index contributed by atoms with van der Waals surface area (Å²) in [6.07, 6.45) is 0. The van der Waals surface area contributed by atoms with Crippen LogP contribution in [0.4, 0.5) is 10.1 Å². The molecular weight excluding hydrogens is 439 g/mol. The number of benzene rings is 2. The van der Waals surface area contributed by atoms with Gasteiger partial charge in [0, 0.05) is 31.1 Å². The largest absolute Gasteiger partial charge is 0.495 e. The second-order valence-electron chi connectivity index (χ2n) is 7.92. The van der Waals surface area contributed by atoms with Gasteiger partial charge >= 0.3 is 0 Å². The number of nitrogens with zero attached hydrogens (tertiary/aromatic N) is 6. The lowest BCUT2D eigenvalue weighted by Crippen LogP contribution is -2.48. The molecule has 1 fully saturated rings. The highest BCUT2D eigenvalue weighted by Crippen LogP contribution is 2.32. The maximum Gasteiger partial charge on any atom is 0.173 e. The van der Waals surface area contributed by atoms with Crippen LogP contribution in [0.2, 0.25) is 0 Å². The van der Waals surface area contributed by atoms with Crippen molar-refractivity contribution in [3.63, 3.8) is 0 Å². The molecule has 0 aliphatic carbocycles. The molecule has 4 aromatic rings. The van der Waals surface area contributed by atoms with Crippen molar-refractivity contribution >= 4 is 17.0 Å². The Labute approximate surface area is 196 Å². The number of methoxy groups -OCH3 is 1. The molecule has 170 valence electrons. The van der Waals surface area contributed by atoms with Crippen molar-refractivity contribution in [1.82, 2.24) is 25.1 Å². The van der Waals surface area contributed by atoms with Crippen LogP contribution in [0.15, 0.2) is 66.0 Å². The number of hydrogen-bond donors (Lipinski definition) is 0. The summed E-state index contributed by atoms with van der Waals surface area (Å²) in [5.41, 5.74) is 2.07. The lowest BCUT2D eigenvalue weighted by molar-refractivity contribution is 0.201. The fraction of sp³-hybridized carbons (Fsp3) is 0.292. The van der Waals surface area contributed by atoms with Crippen LogP contribution in [-0.2, 0) is 6.54 Å². The Morgan fingerprint density at radius 1 is 1.00 bits per heavy atom. The minimum atomic E-state index is -0.253. The average Bonchev–Trinajstić information content (AvgIpc) is 3.54. The standard InChI is InChI=1S/C24H25FN6OS/c1-32-22-7-3-2-6-21(22)29-12-14-30(15-13-29)23(18-8-10-19(25)11-9-18)24-26-27-28-31(24)17-20-5-4-16-33-20/h2-11,16,23H,12-15,17H2,1H3. The Kier molecular flexibility index (Phi) is 6.32. The van der Waals surface area contributed by atoms with Crippen molar-refractivity contribution in [3.05, 3.63) is 88.1 Å². The SMILES string of the molecule is COc1ccccc1N1CCN(C(c2ccc(F)cc2)c2nnnn2Cc2cccs2)CC1. The molecule has 1 atom stereocenters. The third kappa shape index (κ3) is 4.60. The predicted octanol–water partition coefficient (Wildman–Crippen LogP) is 3.84. The van der Waals surface area contributed by atoms with Crippen LogP contribution >= 0.6 is 11.3 Å². The quantitative estimate of drug-likeness (QED) is 0.414. The highest BCUT2D eigenvalue weighted by Gasteiger charge is 2.31. The van der Waals surface area contributed by atoms with Gasteiger partial charge < -0.3 is 9.64 Å². The van der Waals surface area contributed by atoms with Crippen molar-refractivity contribution in [3.8, 4) is 5.75 Å². The van der Waals surface area contributed by atoms with Gasteiger partial charge in [0.2, 0.25) is 0 Å². The third-order valence-electron chi connectivity index (χ3n) is 5.98. The molecule has 1 aliphatic rings. The number of ether oxygens (including phenoxy) is 1. The number of aromatic nitrogens is 4. The summed E-state index contributed by atoms with van der Waals surface area (Å²) in [5, 5.41) is 14.7. The number of piperazine rings is 1. The summed E-state index contributed by atoms with van der Waals surface area (Å²) in [4.78, 5) is 5.89. The molecule has 0 amide bonds. The second-order valence-corrected chi connectivity index (χ2v) is 8.96. The minimum Gasteiger partial charge on any atom is -0.495 e. The number of halogens is 1. The van der Waals surface area contributed by atoms with Crippen LogP contribution in [0, 0.1) is 5.82 Å². The molecule has 0 spiro atoms. The van der Waals surface area contributed by atoms with Crippen molar-refractivity contribution in [2.24, 2.45) is 0 Å². The van der Waals surface area contributed by atoms with E-state index in [1.165, 1.54) is 17.0 Å². The van der Waals surface area contributed by atoms with E-state index in [0.29, 0.717) is 6.54 Å². The van der Waals surface area contributed by atoms with Gasteiger partial charge in [-0.15, -0.1) is 16.4 Å². The third-order valence-corrected chi connectivity index (χ3v) is 6.84. The number of tetrazole rings is 1. The second kappa shape index (κ2) is 9.68. The lowest BCUT2D eigenvalue weighted by Gasteiger charge is -2.40. The van der Waals surface area contributed by atoms with E-state index in [2.05, 4.69) is 37.5 Å². The predicted molar refractivity (Wildman–Crippen MR) is 126 cm³/mol. The van der Waals surface area contributed by atoms with Gasteiger partial charge in [0.15, 0.2) is 5.82 Å². The van der Waals surface area contributed by atoms with Crippen molar-refractivity contribution in [2.45, 2.75) is 12.6 Å². The molecule has 33 heavy (non-hydrogen) atoms. The van der Waals surface area contributed by atoms with Crippen LogP contribution in [0.5, 0.6) is 5.75 Å². The highest BCUT2D eigenvalue weighted by atomic mass is 32.1. The molecule has 0 N–H and O–H groups in total. The van der Waals surface area contributed by atoms with Gasteiger partial charge in [0.1, 0.15) is 11.6 Å². The first-order chi connectivity index (χ1) is 16.2. The van der Waals surface area contributed by atoms with E-state index in [9.17, 15) is 4.39 Å². The van der Waals surface area contributed by atoms with E-state index >= 15 is 0 Å². The van der Waals surface area contributed by atoms with Gasteiger partial charge in [0.05, 0.1) is 25.4 Å². The number of thiophene rings is 1. The molecule has 9 heteroatoms. The average molecular weight is 465 g/mol. The van der Waals surface area contributed by atoms with Crippen LogP contribution in [0.25, 0.3) is 0 Å². The van der Waals surface area contributed by atoms with E-state index in [4.69, 9.17) is 4.74 Å². The minimum absolute atomic E-state index is 0.166. The molecule has 1 unspecified atom stereocenters. The molecule has 0 saturated carbocycles. The van der Waals surface area contributed by atoms with Gasteiger partial charge in [-0.25, -0.2) is 9.07 Å². The molecule has 2 aromatic heterocycles. The van der Waals surface area contributed by atoms with E-state index in [1.807, 2.05) is 46.5 Å². The van der Waals surface area contributed by atoms with Gasteiger partial charge in [-0.1, -0.05) is 30.3 Å². The zero-order valence-corrected chi connectivity index (χ0v) is 19.2. The summed E-state index contributed by atoms with van der Waals surface area (Å²) < 4.78 is 21.1. The van der Waals surface area contributed by atoms with Gasteiger partial charge in [-0.05, 0) is 51.7 Å². The number of para-hydroxylation sites is 2. The Hall–Kier alpha value is -3.30. The lowest BCUT2D eigenvalue weighted by atomic mass is 10.0. The summed E-state index contributed by atoms with van der Waals surface area (Å²) in [7, 11) is 1.70. The van der Waals surface area contributed by atoms with E-state index in [0.717, 1.165) is 49.0 Å². The molecule has 0 bridgehead atoms. The Morgan fingerprint density at radius 2 is 1.79 bits per heavy atom. The molecule has 0 radical (unpaired) electrons. The number of rotatable bonds is 7. The first-order valence-electron chi connectivity index (χ1n) is 10.9. The molecule has 1 aliphatic heterocycles. The van der Waals surface area contributed by atoms with Crippen molar-refractivity contribution in [1.29, 1.82) is 0 Å². The summed E-state index contributed by atoms with van der Waals surface area (Å²) >= 11 is 1.68. The van der Waals surface area contributed by atoms with Crippen LogP contribution in [-0.4, -0.2) is 58.4 Å². The Bertz CT molecular complexity index is 1170. The first-order valence-corrected chi connectivity index (χ1v) is 11.8. The zero-order valence-electron chi connectivity index (χ0n) is 18.3. The number of anilines is 1. The molecular formula is C24H25FN6OS. The monoisotopic (exact) mass is 464 g/mol. The molecule has 1 saturated heterocycles. The van der Waals surface area contributed by atoms with Crippen LogP contribution < -0.4 is 9.64 Å². The fourth-order valence-electron chi connectivity index (χ4n) is 4.35. The Balaban J connectivity index is 1.42. The molecule has 3 heterocycles. The van der Waals surface area contributed by atoms with Crippen LogP contribution in [0.3, 0.4) is 0 Å². The summed E-state index contributed by atoms with van der Waals surface area (Å²) in [6.45, 7) is 3.91. The fourth-order valence-corrected chi connectivity index (χ4v) is 5.04. The number of hydrogen-bond acceptors (Lipinski definition) is 7. The first kappa shape index (κ1) is 21.5. The zero-order chi connectivity index (χ0) is 22.6. The van der Waals surface area contributed by atoms with E-state index in [-0.39, 0.29) is 11.9 Å². The van der Waals surface area contributed by atoms with Crippen molar-refractivity contribution < 1.29 is 9.13 Å².